The van der Waals surface area contributed by atoms with E-state index in [9.17, 15) is 14.4 Å². The van der Waals surface area contributed by atoms with Crippen LogP contribution in [-0.2, 0) is 14.3 Å². The Kier molecular flexibility index (Phi) is 6.01. The minimum Gasteiger partial charge on any atom is -0.496 e. The third-order valence-corrected chi connectivity index (χ3v) is 4.81. The Hall–Kier alpha value is -2.96. The van der Waals surface area contributed by atoms with Gasteiger partial charge in [-0.3, -0.25) is 14.4 Å². The van der Waals surface area contributed by atoms with E-state index >= 15 is 0 Å². The molecule has 1 aliphatic carbocycles. The molecule has 1 aliphatic heterocycles. The summed E-state index contributed by atoms with van der Waals surface area (Å²) in [6.07, 6.45) is 6.51. The number of nitrogens with zero attached hydrogens (tertiary/aromatic N) is 1. The highest BCUT2D eigenvalue weighted by atomic mass is 16.5. The van der Waals surface area contributed by atoms with Crippen molar-refractivity contribution in [1.82, 2.24) is 10.7 Å². The fourth-order valence-corrected chi connectivity index (χ4v) is 3.27. The van der Waals surface area contributed by atoms with Crippen LogP contribution in [0.3, 0.4) is 0 Å². The van der Waals surface area contributed by atoms with Crippen LogP contribution < -0.4 is 10.7 Å². The van der Waals surface area contributed by atoms with Crippen LogP contribution in [0, 0.1) is 12.8 Å². The molecule has 0 radical (unpaired) electrons. The highest BCUT2D eigenvalue weighted by molar-refractivity contribution is 6.14. The number of amides is 2. The first-order chi connectivity index (χ1) is 13.0. The summed E-state index contributed by atoms with van der Waals surface area (Å²) in [4.78, 5) is 36.2. The van der Waals surface area contributed by atoms with Crippen LogP contribution in [0.15, 0.2) is 41.2 Å². The molecule has 27 heavy (non-hydrogen) atoms. The summed E-state index contributed by atoms with van der Waals surface area (Å²) >= 11 is 0. The van der Waals surface area contributed by atoms with E-state index in [1.165, 1.54) is 12.5 Å². The smallest absolute Gasteiger partial charge is 0.259 e. The van der Waals surface area contributed by atoms with Gasteiger partial charge < -0.3 is 10.1 Å². The summed E-state index contributed by atoms with van der Waals surface area (Å²) in [7, 11) is 0. The van der Waals surface area contributed by atoms with Gasteiger partial charge in [-0.1, -0.05) is 24.1 Å². The standard InChI is InChI=1S/C20H23N3O4/c1-13-6-8-14(9-7-13)20(26)21-11-18(24)23-22-10-15-12-27-17-5-3-2-4-16(17)19(15)25/h6-10,12,16-17H,2-5,11H2,1H3,(H,21,26)(H,23,24)/b22-10+. The number of ether oxygens (including phenoxy) is 1. The Morgan fingerprint density at radius 1 is 1.22 bits per heavy atom. The second-order valence-corrected chi connectivity index (χ2v) is 6.84. The lowest BCUT2D eigenvalue weighted by atomic mass is 9.80. The minimum absolute atomic E-state index is 0.0108. The molecule has 1 saturated carbocycles. The van der Waals surface area contributed by atoms with E-state index in [2.05, 4.69) is 15.8 Å². The summed E-state index contributed by atoms with van der Waals surface area (Å²) in [5, 5.41) is 6.32. The van der Waals surface area contributed by atoms with Gasteiger partial charge in [0, 0.05) is 5.56 Å². The molecule has 1 aromatic carbocycles. The molecule has 1 fully saturated rings. The average Bonchev–Trinajstić information content (AvgIpc) is 2.68. The number of carbonyl (C=O) groups excluding carboxylic acids is 3. The molecule has 1 heterocycles. The molecule has 3 rings (SSSR count). The lowest BCUT2D eigenvalue weighted by molar-refractivity contribution is -0.126. The number of rotatable bonds is 5. The van der Waals surface area contributed by atoms with E-state index in [1.54, 1.807) is 12.1 Å². The Morgan fingerprint density at radius 2 is 1.96 bits per heavy atom. The quantitative estimate of drug-likeness (QED) is 0.612. The fourth-order valence-electron chi connectivity index (χ4n) is 3.27. The number of fused-ring (bicyclic) bond motifs is 1. The monoisotopic (exact) mass is 369 g/mol. The molecular formula is C20H23N3O4. The number of nitrogens with one attached hydrogen (secondary N) is 2. The largest absolute Gasteiger partial charge is 0.496 e. The molecule has 142 valence electrons. The third kappa shape index (κ3) is 4.81. The van der Waals surface area contributed by atoms with Gasteiger partial charge in [-0.2, -0.15) is 5.10 Å². The van der Waals surface area contributed by atoms with Gasteiger partial charge in [-0.15, -0.1) is 0 Å². The number of carbonyl (C=O) groups is 3. The zero-order chi connectivity index (χ0) is 19.2. The van der Waals surface area contributed by atoms with Gasteiger partial charge in [-0.25, -0.2) is 5.43 Å². The number of hydrazone groups is 1. The van der Waals surface area contributed by atoms with Crippen LogP contribution >= 0.6 is 0 Å². The Morgan fingerprint density at radius 3 is 2.74 bits per heavy atom. The normalized spacial score (nSPS) is 21.8. The zero-order valence-electron chi connectivity index (χ0n) is 15.2. The molecule has 7 heteroatoms. The highest BCUT2D eigenvalue weighted by Gasteiger charge is 2.36. The molecule has 0 aromatic heterocycles. The van der Waals surface area contributed by atoms with Crippen molar-refractivity contribution in [3.05, 3.63) is 47.2 Å². The molecule has 0 bridgehead atoms. The Balaban J connectivity index is 1.46. The van der Waals surface area contributed by atoms with E-state index in [0.29, 0.717) is 11.1 Å². The maximum absolute atomic E-state index is 12.4. The number of ketones is 1. The van der Waals surface area contributed by atoms with Gasteiger partial charge in [0.05, 0.1) is 30.5 Å². The molecule has 1 aromatic rings. The molecule has 0 spiro atoms. The Bertz CT molecular complexity index is 783. The predicted octanol–water partition coefficient (Wildman–Crippen LogP) is 1.87. The number of allylic oxidation sites excluding steroid dienone is 1. The van der Waals surface area contributed by atoms with Crippen molar-refractivity contribution in [3.63, 3.8) is 0 Å². The number of hydrogen-bond acceptors (Lipinski definition) is 5. The van der Waals surface area contributed by atoms with Crippen molar-refractivity contribution in [3.8, 4) is 0 Å². The third-order valence-electron chi connectivity index (χ3n) is 4.81. The van der Waals surface area contributed by atoms with Crippen molar-refractivity contribution >= 4 is 23.8 Å². The number of hydrogen-bond donors (Lipinski definition) is 2. The van der Waals surface area contributed by atoms with Gasteiger partial charge in [0.2, 0.25) is 0 Å². The maximum atomic E-state index is 12.4. The lowest BCUT2D eigenvalue weighted by Crippen LogP contribution is -2.37. The molecule has 0 saturated heterocycles. The summed E-state index contributed by atoms with van der Waals surface area (Å²) in [6.45, 7) is 1.72. The van der Waals surface area contributed by atoms with Crippen LogP contribution in [-0.4, -0.2) is 36.5 Å². The van der Waals surface area contributed by atoms with Crippen molar-refractivity contribution in [2.75, 3.05) is 6.54 Å². The van der Waals surface area contributed by atoms with Crippen molar-refractivity contribution < 1.29 is 19.1 Å². The lowest BCUT2D eigenvalue weighted by Gasteiger charge is -2.33. The van der Waals surface area contributed by atoms with E-state index in [4.69, 9.17) is 4.74 Å². The summed E-state index contributed by atoms with van der Waals surface area (Å²) < 4.78 is 5.61. The van der Waals surface area contributed by atoms with E-state index in [1.807, 2.05) is 19.1 Å². The second-order valence-electron chi connectivity index (χ2n) is 6.84. The molecule has 2 unspecified atom stereocenters. The molecule has 7 nitrogen and oxygen atoms in total. The van der Waals surface area contributed by atoms with E-state index in [-0.39, 0.29) is 30.3 Å². The van der Waals surface area contributed by atoms with Gasteiger partial charge in [-0.05, 0) is 38.3 Å². The second kappa shape index (κ2) is 8.62. The highest BCUT2D eigenvalue weighted by Crippen LogP contribution is 2.32. The molecular weight excluding hydrogens is 346 g/mol. The van der Waals surface area contributed by atoms with E-state index in [0.717, 1.165) is 31.2 Å². The SMILES string of the molecule is Cc1ccc(C(=O)NCC(=O)N/N=C/C2=COC3CCCCC3C2=O)cc1. The number of aryl methyl sites for hydroxylation is 1. The average molecular weight is 369 g/mol. The van der Waals surface area contributed by atoms with Gasteiger partial charge >= 0.3 is 0 Å². The van der Waals surface area contributed by atoms with Gasteiger partial charge in [0.15, 0.2) is 5.78 Å². The molecule has 2 aliphatic rings. The first-order valence-electron chi connectivity index (χ1n) is 9.11. The summed E-state index contributed by atoms with van der Waals surface area (Å²) in [5.74, 6) is -0.922. The molecule has 2 N–H and O–H groups in total. The van der Waals surface area contributed by atoms with Crippen LogP contribution in [0.4, 0.5) is 0 Å². The van der Waals surface area contributed by atoms with Crippen molar-refractivity contribution in [2.45, 2.75) is 38.7 Å². The predicted molar refractivity (Wildman–Crippen MR) is 100 cm³/mol. The fraction of sp³-hybridized carbons (Fsp3) is 0.400. The topological polar surface area (TPSA) is 96.9 Å². The summed E-state index contributed by atoms with van der Waals surface area (Å²) in [6, 6.07) is 7.04. The number of Topliss-reactive ketones (excluding diaryl/α,β-unsaturated/α-hetero) is 1. The number of benzene rings is 1. The van der Waals surface area contributed by atoms with E-state index < -0.39 is 5.91 Å². The minimum atomic E-state index is -0.480. The van der Waals surface area contributed by atoms with Crippen LogP contribution in [0.1, 0.15) is 41.6 Å². The van der Waals surface area contributed by atoms with Crippen LogP contribution in [0.5, 0.6) is 0 Å². The molecule has 2 amide bonds. The van der Waals surface area contributed by atoms with Gasteiger partial charge in [0.25, 0.3) is 11.8 Å². The Labute approximate surface area is 157 Å². The van der Waals surface area contributed by atoms with Crippen molar-refractivity contribution in [2.24, 2.45) is 11.0 Å². The van der Waals surface area contributed by atoms with Crippen molar-refractivity contribution in [1.29, 1.82) is 0 Å². The van der Waals surface area contributed by atoms with Crippen LogP contribution in [0.25, 0.3) is 0 Å². The summed E-state index contributed by atoms with van der Waals surface area (Å²) in [5.41, 5.74) is 4.19. The maximum Gasteiger partial charge on any atom is 0.259 e. The van der Waals surface area contributed by atoms with Crippen LogP contribution in [0.2, 0.25) is 0 Å². The zero-order valence-corrected chi connectivity index (χ0v) is 15.2. The first-order valence-corrected chi connectivity index (χ1v) is 9.11. The first kappa shape index (κ1) is 18.8. The van der Waals surface area contributed by atoms with Gasteiger partial charge in [0.1, 0.15) is 6.10 Å². The molecule has 2 atom stereocenters.